The number of carbonyl (C=O) groups is 1. The van der Waals surface area contributed by atoms with Crippen molar-refractivity contribution in [3.63, 3.8) is 0 Å². The van der Waals surface area contributed by atoms with Gasteiger partial charge in [0.25, 0.3) is 5.91 Å². The van der Waals surface area contributed by atoms with E-state index in [1.165, 1.54) is 12.1 Å². The number of phenols is 1. The van der Waals surface area contributed by atoms with Crippen molar-refractivity contribution in [1.29, 1.82) is 0 Å². The van der Waals surface area contributed by atoms with Crippen molar-refractivity contribution in [2.45, 2.75) is 0 Å². The first kappa shape index (κ1) is 15.2. The summed E-state index contributed by atoms with van der Waals surface area (Å²) in [6.45, 7) is 1.52. The van der Waals surface area contributed by atoms with Crippen molar-refractivity contribution in [3.8, 4) is 5.75 Å². The van der Waals surface area contributed by atoms with Crippen molar-refractivity contribution >= 4 is 23.2 Å². The van der Waals surface area contributed by atoms with Gasteiger partial charge in [-0.25, -0.2) is 0 Å². The molecular weight excluding hydrogens is 264 g/mol. The first-order valence-electron chi connectivity index (χ1n) is 5.77. The van der Waals surface area contributed by atoms with Crippen LogP contribution in [0.4, 0.5) is 0 Å². The molecule has 0 aliphatic rings. The molecule has 0 bridgehead atoms. The van der Waals surface area contributed by atoms with E-state index >= 15 is 0 Å². The Balaban J connectivity index is 2.32. The SMILES string of the molecule is CN(C)CCNC(=S)NNC(=O)c1cccc(O)c1. The Labute approximate surface area is 117 Å². The maximum atomic E-state index is 11.7. The number of aromatic hydroxyl groups is 1. The molecule has 0 aromatic heterocycles. The molecule has 4 N–H and O–H groups in total. The molecule has 0 fully saturated rings. The van der Waals surface area contributed by atoms with E-state index in [0.717, 1.165) is 6.54 Å². The summed E-state index contributed by atoms with van der Waals surface area (Å²) in [5.74, 6) is -0.327. The van der Waals surface area contributed by atoms with E-state index in [-0.39, 0.29) is 11.7 Å². The minimum atomic E-state index is -0.368. The highest BCUT2D eigenvalue weighted by molar-refractivity contribution is 7.80. The Bertz CT molecular complexity index is 451. The van der Waals surface area contributed by atoms with Crippen molar-refractivity contribution in [1.82, 2.24) is 21.1 Å². The van der Waals surface area contributed by atoms with Gasteiger partial charge in [-0.05, 0) is 44.5 Å². The van der Waals surface area contributed by atoms with E-state index in [1.54, 1.807) is 12.1 Å². The monoisotopic (exact) mass is 282 g/mol. The number of thiocarbonyl (C=S) groups is 1. The number of nitrogens with zero attached hydrogens (tertiary/aromatic N) is 1. The number of benzene rings is 1. The van der Waals surface area contributed by atoms with E-state index in [2.05, 4.69) is 16.2 Å². The lowest BCUT2D eigenvalue weighted by atomic mass is 10.2. The van der Waals surface area contributed by atoms with Gasteiger partial charge in [0.05, 0.1) is 0 Å². The second-order valence-electron chi connectivity index (χ2n) is 4.19. The van der Waals surface area contributed by atoms with Gasteiger partial charge in [0.1, 0.15) is 5.75 Å². The van der Waals surface area contributed by atoms with E-state index in [0.29, 0.717) is 17.2 Å². The molecule has 0 saturated heterocycles. The molecule has 1 aromatic rings. The average Bonchev–Trinajstić information content (AvgIpc) is 2.35. The molecular formula is C12H18N4O2S. The second-order valence-corrected chi connectivity index (χ2v) is 4.60. The summed E-state index contributed by atoms with van der Waals surface area (Å²) in [7, 11) is 3.92. The third-order valence-electron chi connectivity index (χ3n) is 2.24. The fraction of sp³-hybridized carbons (Fsp3) is 0.333. The first-order valence-corrected chi connectivity index (χ1v) is 6.18. The maximum absolute atomic E-state index is 11.7. The van der Waals surface area contributed by atoms with E-state index in [9.17, 15) is 9.90 Å². The molecule has 1 aromatic carbocycles. The lowest BCUT2D eigenvalue weighted by Crippen LogP contribution is -2.47. The number of nitrogens with one attached hydrogen (secondary N) is 3. The zero-order valence-corrected chi connectivity index (χ0v) is 11.8. The molecule has 104 valence electrons. The van der Waals surface area contributed by atoms with Crippen LogP contribution in [0, 0.1) is 0 Å². The van der Waals surface area contributed by atoms with Gasteiger partial charge in [-0.15, -0.1) is 0 Å². The first-order chi connectivity index (χ1) is 8.99. The van der Waals surface area contributed by atoms with Gasteiger partial charge < -0.3 is 15.3 Å². The highest BCUT2D eigenvalue weighted by Crippen LogP contribution is 2.10. The molecule has 1 rings (SSSR count). The molecule has 0 aliphatic heterocycles. The summed E-state index contributed by atoms with van der Waals surface area (Å²) in [4.78, 5) is 13.7. The number of likely N-dealkylation sites (N-methyl/N-ethyl adjacent to an activating group) is 1. The highest BCUT2D eigenvalue weighted by atomic mass is 32.1. The third kappa shape index (κ3) is 6.03. The van der Waals surface area contributed by atoms with Crippen LogP contribution < -0.4 is 16.2 Å². The van der Waals surface area contributed by atoms with Crippen molar-refractivity contribution in [3.05, 3.63) is 29.8 Å². The summed E-state index contributed by atoms with van der Waals surface area (Å²) < 4.78 is 0. The minimum Gasteiger partial charge on any atom is -0.508 e. The summed E-state index contributed by atoms with van der Waals surface area (Å²) >= 11 is 5.00. The Kier molecular flexibility index (Phi) is 6.04. The van der Waals surface area contributed by atoms with Crippen molar-refractivity contribution in [2.24, 2.45) is 0 Å². The van der Waals surface area contributed by atoms with Crippen molar-refractivity contribution in [2.75, 3.05) is 27.2 Å². The van der Waals surface area contributed by atoms with Crippen LogP contribution in [0.25, 0.3) is 0 Å². The van der Waals surface area contributed by atoms with Crippen LogP contribution >= 0.6 is 12.2 Å². The lowest BCUT2D eigenvalue weighted by molar-refractivity contribution is 0.0943. The average molecular weight is 282 g/mol. The number of hydrazine groups is 1. The predicted octanol–water partition coefficient (Wildman–Crippen LogP) is 0.0627. The normalized spacial score (nSPS) is 10.1. The van der Waals surface area contributed by atoms with Gasteiger partial charge in [-0.2, -0.15) is 0 Å². The van der Waals surface area contributed by atoms with Crippen LogP contribution in [0.5, 0.6) is 5.75 Å². The molecule has 0 unspecified atom stereocenters. The van der Waals surface area contributed by atoms with Gasteiger partial charge in [-0.3, -0.25) is 15.6 Å². The molecule has 0 atom stereocenters. The van der Waals surface area contributed by atoms with Crippen LogP contribution in [0.15, 0.2) is 24.3 Å². The number of amides is 1. The molecule has 0 aliphatic carbocycles. The Morgan fingerprint density at radius 2 is 2.11 bits per heavy atom. The molecule has 6 nitrogen and oxygen atoms in total. The maximum Gasteiger partial charge on any atom is 0.269 e. The largest absolute Gasteiger partial charge is 0.508 e. The second kappa shape index (κ2) is 7.55. The highest BCUT2D eigenvalue weighted by Gasteiger charge is 2.05. The molecule has 19 heavy (non-hydrogen) atoms. The zero-order chi connectivity index (χ0) is 14.3. The van der Waals surface area contributed by atoms with Crippen molar-refractivity contribution < 1.29 is 9.90 Å². The van der Waals surface area contributed by atoms with Crippen LogP contribution in [0.1, 0.15) is 10.4 Å². The van der Waals surface area contributed by atoms with Gasteiger partial charge >= 0.3 is 0 Å². The molecule has 0 heterocycles. The Morgan fingerprint density at radius 1 is 1.37 bits per heavy atom. The fourth-order valence-electron chi connectivity index (χ4n) is 1.27. The molecule has 0 saturated carbocycles. The summed E-state index contributed by atoms with van der Waals surface area (Å²) in [5, 5.41) is 12.6. The Morgan fingerprint density at radius 3 is 2.74 bits per heavy atom. The summed E-state index contributed by atoms with van der Waals surface area (Å²) in [5.41, 5.74) is 5.39. The van der Waals surface area contributed by atoms with Gasteiger partial charge in [0.15, 0.2) is 5.11 Å². The number of rotatable bonds is 4. The quantitative estimate of drug-likeness (QED) is 0.462. The third-order valence-corrected chi connectivity index (χ3v) is 2.49. The molecule has 0 radical (unpaired) electrons. The molecule has 7 heteroatoms. The van der Waals surface area contributed by atoms with E-state index in [4.69, 9.17) is 12.2 Å². The number of hydrogen-bond acceptors (Lipinski definition) is 4. The van der Waals surface area contributed by atoms with Crippen LogP contribution in [-0.4, -0.2) is 48.2 Å². The summed E-state index contributed by atoms with van der Waals surface area (Å²) in [6.07, 6.45) is 0. The van der Waals surface area contributed by atoms with Crippen LogP contribution in [-0.2, 0) is 0 Å². The topological polar surface area (TPSA) is 76.6 Å². The predicted molar refractivity (Wildman–Crippen MR) is 77.9 cm³/mol. The summed E-state index contributed by atoms with van der Waals surface area (Å²) in [6, 6.07) is 6.06. The van der Waals surface area contributed by atoms with Gasteiger partial charge in [-0.1, -0.05) is 6.07 Å². The number of hydrogen-bond donors (Lipinski definition) is 4. The van der Waals surface area contributed by atoms with E-state index in [1.807, 2.05) is 19.0 Å². The smallest absolute Gasteiger partial charge is 0.269 e. The standard InChI is InChI=1S/C12H18N4O2S/c1-16(2)7-6-13-12(19)15-14-11(18)9-4-3-5-10(17)8-9/h3-5,8,17H,6-7H2,1-2H3,(H,14,18)(H2,13,15,19). The number of phenolic OH excluding ortho intramolecular Hbond substituents is 1. The van der Waals surface area contributed by atoms with Gasteiger partial charge in [0, 0.05) is 18.7 Å². The van der Waals surface area contributed by atoms with Gasteiger partial charge in [0.2, 0.25) is 0 Å². The molecule has 1 amide bonds. The van der Waals surface area contributed by atoms with E-state index < -0.39 is 0 Å². The Hall–Kier alpha value is -1.86. The lowest BCUT2D eigenvalue weighted by Gasteiger charge is -2.13. The van der Waals surface area contributed by atoms with Crippen LogP contribution in [0.2, 0.25) is 0 Å². The van der Waals surface area contributed by atoms with Crippen LogP contribution in [0.3, 0.4) is 0 Å². The minimum absolute atomic E-state index is 0.0411. The number of carbonyl (C=O) groups excluding carboxylic acids is 1. The fourth-order valence-corrected chi connectivity index (χ4v) is 1.42. The molecule has 0 spiro atoms. The zero-order valence-electron chi connectivity index (χ0n) is 10.9.